The molecule has 246 valence electrons. The first-order valence-corrected chi connectivity index (χ1v) is 14.9. The van der Waals surface area contributed by atoms with Gasteiger partial charge in [0, 0.05) is 31.2 Å². The summed E-state index contributed by atoms with van der Waals surface area (Å²) >= 11 is 0. The van der Waals surface area contributed by atoms with Gasteiger partial charge in [-0.05, 0) is 81.4 Å². The molecule has 3 heterocycles. The van der Waals surface area contributed by atoms with Crippen molar-refractivity contribution in [3.63, 3.8) is 0 Å². The van der Waals surface area contributed by atoms with Crippen LogP contribution in [0.2, 0.25) is 0 Å². The van der Waals surface area contributed by atoms with Crippen LogP contribution in [0.4, 0.5) is 24.9 Å². The number of nitrogens with one attached hydrogen (secondary N) is 2. The fraction of sp³-hybridized carbons (Fsp3) is 0.621. The predicted molar refractivity (Wildman–Crippen MR) is 173 cm³/mol. The third-order valence-corrected chi connectivity index (χ3v) is 8.80. The highest BCUT2D eigenvalue weighted by Gasteiger charge is 2.31. The molecule has 4 N–H and O–H groups in total. The second-order valence-corrected chi connectivity index (χ2v) is 11.9. The molecule has 6 rings (SSSR count). The molecule has 3 aromatic rings. The summed E-state index contributed by atoms with van der Waals surface area (Å²) in [6.07, 6.45) is 8.78. The van der Waals surface area contributed by atoms with Crippen molar-refractivity contribution >= 4 is 60.2 Å². The van der Waals surface area contributed by atoms with Gasteiger partial charge in [-0.15, -0.1) is 50.4 Å². The van der Waals surface area contributed by atoms with E-state index >= 15 is 0 Å². The van der Waals surface area contributed by atoms with Crippen LogP contribution in [0.1, 0.15) is 75.8 Å². The molecule has 1 saturated heterocycles. The number of alkyl halides is 3. The maximum Gasteiger partial charge on any atom is 0.573 e. The lowest BCUT2D eigenvalue weighted by atomic mass is 9.91. The first-order valence-electron chi connectivity index (χ1n) is 14.9. The Hall–Kier alpha value is -2.25. The Morgan fingerprint density at radius 3 is 2.18 bits per heavy atom. The quantitative estimate of drug-likeness (QED) is 0.232. The highest BCUT2D eigenvalue weighted by molar-refractivity contribution is 5.86. The molecule has 1 aromatic carbocycles. The average molecular weight is 682 g/mol. The highest BCUT2D eigenvalue weighted by atomic mass is 35.5. The van der Waals surface area contributed by atoms with Crippen molar-refractivity contribution in [1.29, 1.82) is 0 Å². The van der Waals surface area contributed by atoms with Crippen LogP contribution in [-0.2, 0) is 6.42 Å². The number of hydrogen-bond acceptors (Lipinski definition) is 8. The molecule has 3 aliphatic rings. The first kappa shape index (κ1) is 36.2. The van der Waals surface area contributed by atoms with Crippen LogP contribution in [0.3, 0.4) is 0 Å². The molecule has 0 radical (unpaired) electrons. The molecule has 15 heteroatoms. The number of fused-ring (bicyclic) bond motifs is 1. The molecule has 0 amide bonds. The Kier molecular flexibility index (Phi) is 13.0. The third kappa shape index (κ3) is 9.15. The van der Waals surface area contributed by atoms with Crippen LogP contribution in [-0.4, -0.2) is 56.1 Å². The van der Waals surface area contributed by atoms with E-state index in [9.17, 15) is 13.2 Å². The van der Waals surface area contributed by atoms with E-state index in [1.807, 2.05) is 6.33 Å². The van der Waals surface area contributed by atoms with Crippen LogP contribution in [0.15, 0.2) is 30.6 Å². The summed E-state index contributed by atoms with van der Waals surface area (Å²) in [6.45, 7) is 1.66. The molecule has 44 heavy (non-hydrogen) atoms. The van der Waals surface area contributed by atoms with Crippen molar-refractivity contribution in [2.75, 3.05) is 23.8 Å². The number of imidazole rings is 1. The molecule has 1 aliphatic heterocycles. The van der Waals surface area contributed by atoms with Crippen LogP contribution >= 0.6 is 37.2 Å². The molecular weight excluding hydrogens is 640 g/mol. The molecule has 0 unspecified atom stereocenters. The Labute approximate surface area is 274 Å². The number of piperidine rings is 1. The maximum absolute atomic E-state index is 12.5. The van der Waals surface area contributed by atoms with Crippen molar-refractivity contribution in [3.05, 3.63) is 36.2 Å². The molecule has 2 aliphatic carbocycles. The monoisotopic (exact) mass is 680 g/mol. The summed E-state index contributed by atoms with van der Waals surface area (Å²) in [5, 5.41) is 5.77. The van der Waals surface area contributed by atoms with Crippen molar-refractivity contribution in [2.45, 2.75) is 95.1 Å². The summed E-state index contributed by atoms with van der Waals surface area (Å²) in [7, 11) is 0. The molecular formula is C29H42Cl3F3N8O. The van der Waals surface area contributed by atoms with Crippen LogP contribution in [0.25, 0.3) is 11.2 Å². The SMILES string of the molecule is Cl.Cl.Cl.NC1CCC(Nc2nc(NN3CCC(Cc4ccc(OC(F)(F)F)cc4)CC3)c3ncn(C4CCCC4)c3n2)CC1. The number of anilines is 2. The van der Waals surface area contributed by atoms with E-state index in [1.54, 1.807) is 12.1 Å². The molecule has 0 spiro atoms. The standard InChI is InChI=1S/C29H39F3N8O.3ClH/c30-29(31,32)41-24-11-5-19(6-12-24)17-20-13-15-39(16-14-20)38-26-25-27(40(18-34-25)23-3-1-2-4-23)37-28(36-26)35-22-9-7-21(33)8-10-22;;;/h5-6,11-12,18,20-23H,1-4,7-10,13-17,33H2,(H2,35,36,37,38);3*1H. The van der Waals surface area contributed by atoms with Gasteiger partial charge in [0.05, 0.1) is 6.33 Å². The Bertz CT molecular complexity index is 1310. The van der Waals surface area contributed by atoms with Crippen molar-refractivity contribution in [1.82, 2.24) is 24.5 Å². The van der Waals surface area contributed by atoms with E-state index in [2.05, 4.69) is 25.1 Å². The average Bonchev–Trinajstić information content (AvgIpc) is 3.62. The molecule has 0 atom stereocenters. The topological polar surface area (TPSA) is 106 Å². The van der Waals surface area contributed by atoms with Crippen molar-refractivity contribution in [3.8, 4) is 5.75 Å². The van der Waals surface area contributed by atoms with Gasteiger partial charge in [-0.1, -0.05) is 25.0 Å². The van der Waals surface area contributed by atoms with Crippen LogP contribution < -0.4 is 21.2 Å². The van der Waals surface area contributed by atoms with Crippen molar-refractivity contribution in [2.24, 2.45) is 11.7 Å². The lowest BCUT2D eigenvalue weighted by Crippen LogP contribution is -2.39. The van der Waals surface area contributed by atoms with Crippen LogP contribution in [0.5, 0.6) is 5.75 Å². The number of nitrogens with zero attached hydrogens (tertiary/aromatic N) is 5. The minimum absolute atomic E-state index is 0. The largest absolute Gasteiger partial charge is 0.573 e. The van der Waals surface area contributed by atoms with E-state index in [0.717, 1.165) is 93.4 Å². The number of hydrazine groups is 1. The first-order chi connectivity index (χ1) is 19.8. The highest BCUT2D eigenvalue weighted by Crippen LogP contribution is 2.34. The lowest BCUT2D eigenvalue weighted by Gasteiger charge is -2.32. The second-order valence-electron chi connectivity index (χ2n) is 11.9. The summed E-state index contributed by atoms with van der Waals surface area (Å²) in [6, 6.07) is 7.23. The molecule has 3 fully saturated rings. The minimum Gasteiger partial charge on any atom is -0.406 e. The predicted octanol–water partition coefficient (Wildman–Crippen LogP) is 7.07. The van der Waals surface area contributed by atoms with E-state index < -0.39 is 6.36 Å². The zero-order chi connectivity index (χ0) is 28.4. The Morgan fingerprint density at radius 1 is 0.886 bits per heavy atom. The van der Waals surface area contributed by atoms with Gasteiger partial charge in [0.2, 0.25) is 5.95 Å². The molecule has 2 aromatic heterocycles. The number of hydrogen-bond donors (Lipinski definition) is 3. The summed E-state index contributed by atoms with van der Waals surface area (Å²) < 4.78 is 43.6. The van der Waals surface area contributed by atoms with E-state index in [-0.39, 0.29) is 49.0 Å². The number of aromatic nitrogens is 4. The van der Waals surface area contributed by atoms with Gasteiger partial charge in [-0.3, -0.25) is 0 Å². The number of halogens is 6. The minimum atomic E-state index is -4.67. The lowest BCUT2D eigenvalue weighted by molar-refractivity contribution is -0.274. The number of nitrogens with two attached hydrogens (primary N) is 1. The summed E-state index contributed by atoms with van der Waals surface area (Å²) in [5.74, 6) is 1.62. The fourth-order valence-corrected chi connectivity index (χ4v) is 6.51. The van der Waals surface area contributed by atoms with E-state index in [4.69, 9.17) is 20.7 Å². The Morgan fingerprint density at radius 2 is 1.55 bits per heavy atom. The van der Waals surface area contributed by atoms with Gasteiger partial charge in [0.25, 0.3) is 0 Å². The van der Waals surface area contributed by atoms with E-state index in [1.165, 1.54) is 25.0 Å². The van der Waals surface area contributed by atoms with Gasteiger partial charge in [-0.2, -0.15) is 9.97 Å². The zero-order valence-electron chi connectivity index (χ0n) is 24.5. The summed E-state index contributed by atoms with van der Waals surface area (Å²) in [5.41, 5.74) is 12.3. The number of benzene rings is 1. The molecule has 2 saturated carbocycles. The van der Waals surface area contributed by atoms with Crippen molar-refractivity contribution < 1.29 is 17.9 Å². The zero-order valence-corrected chi connectivity index (χ0v) is 26.9. The van der Waals surface area contributed by atoms with Gasteiger partial charge in [0.1, 0.15) is 5.75 Å². The van der Waals surface area contributed by atoms with Crippen LogP contribution in [0, 0.1) is 5.92 Å². The smallest absolute Gasteiger partial charge is 0.406 e. The third-order valence-electron chi connectivity index (χ3n) is 8.80. The van der Waals surface area contributed by atoms with Gasteiger partial charge in [-0.25, -0.2) is 9.99 Å². The van der Waals surface area contributed by atoms with E-state index in [0.29, 0.717) is 23.9 Å². The van der Waals surface area contributed by atoms with Gasteiger partial charge < -0.3 is 25.8 Å². The molecule has 9 nitrogen and oxygen atoms in total. The van der Waals surface area contributed by atoms with Gasteiger partial charge in [0.15, 0.2) is 17.0 Å². The Balaban J connectivity index is 0.00000176. The normalized spacial score (nSPS) is 21.6. The van der Waals surface area contributed by atoms with Gasteiger partial charge >= 0.3 is 6.36 Å². The maximum atomic E-state index is 12.5. The second kappa shape index (κ2) is 15.8. The summed E-state index contributed by atoms with van der Waals surface area (Å²) in [4.78, 5) is 14.6. The number of ether oxygens (including phenoxy) is 1. The number of rotatable bonds is 8. The fourth-order valence-electron chi connectivity index (χ4n) is 6.51. The molecule has 0 bridgehead atoms.